The van der Waals surface area contributed by atoms with Crippen molar-refractivity contribution in [2.75, 3.05) is 6.54 Å². The molecule has 0 spiro atoms. The van der Waals surface area contributed by atoms with Crippen molar-refractivity contribution in [3.8, 4) is 0 Å². The molecular weight excluding hydrogens is 130 g/mol. The number of sulfonamides is 1. The van der Waals surface area contributed by atoms with Crippen molar-refractivity contribution >= 4 is 10.0 Å². The van der Waals surface area contributed by atoms with E-state index in [1.807, 2.05) is 0 Å². The highest BCUT2D eigenvalue weighted by Gasteiger charge is 2.12. The van der Waals surface area contributed by atoms with E-state index in [0.29, 0.717) is 0 Å². The molecule has 6 N–H and O–H groups in total. The van der Waals surface area contributed by atoms with E-state index in [0.717, 1.165) is 0 Å². The molecule has 0 aliphatic rings. The molecule has 0 aromatic carbocycles. The standard InChI is InChI=1S/C2H9N3O2S/c3-1-2(4)8(5,6)7/h2H,1,3-4H2,(H2,5,6,7). The van der Waals surface area contributed by atoms with Gasteiger partial charge in [-0.05, 0) is 0 Å². The fourth-order valence-corrected chi connectivity index (χ4v) is 0.402. The Balaban J connectivity index is 4.04. The molecule has 6 heteroatoms. The van der Waals surface area contributed by atoms with Crippen LogP contribution in [0.2, 0.25) is 0 Å². The molecule has 0 saturated carbocycles. The predicted octanol–water partition coefficient (Wildman–Crippen LogP) is -2.48. The summed E-state index contributed by atoms with van der Waals surface area (Å²) < 4.78 is 20.3. The van der Waals surface area contributed by atoms with Gasteiger partial charge in [0.2, 0.25) is 10.0 Å². The van der Waals surface area contributed by atoms with E-state index in [1.165, 1.54) is 0 Å². The molecule has 1 atom stereocenters. The third-order valence-corrected chi connectivity index (χ3v) is 1.69. The van der Waals surface area contributed by atoms with Crippen LogP contribution in [0.1, 0.15) is 0 Å². The Bertz CT molecular complexity index is 151. The van der Waals surface area contributed by atoms with Crippen molar-refractivity contribution in [2.24, 2.45) is 16.6 Å². The maximum atomic E-state index is 10.1. The van der Waals surface area contributed by atoms with Crippen LogP contribution >= 0.6 is 0 Å². The maximum Gasteiger partial charge on any atom is 0.226 e. The minimum absolute atomic E-state index is 0.140. The van der Waals surface area contributed by atoms with E-state index in [9.17, 15) is 8.42 Å². The van der Waals surface area contributed by atoms with E-state index in [-0.39, 0.29) is 6.54 Å². The molecule has 0 radical (unpaired) electrons. The monoisotopic (exact) mass is 139 g/mol. The second-order valence-electron chi connectivity index (χ2n) is 1.36. The van der Waals surface area contributed by atoms with Crippen molar-refractivity contribution in [2.45, 2.75) is 5.37 Å². The Hall–Kier alpha value is -0.170. The molecular formula is C2H9N3O2S. The van der Waals surface area contributed by atoms with Gasteiger partial charge in [-0.3, -0.25) is 0 Å². The van der Waals surface area contributed by atoms with Crippen LogP contribution in [-0.2, 0) is 10.0 Å². The highest BCUT2D eigenvalue weighted by molar-refractivity contribution is 7.89. The summed E-state index contributed by atoms with van der Waals surface area (Å²) in [6.07, 6.45) is 0. The predicted molar refractivity (Wildman–Crippen MR) is 30.1 cm³/mol. The third-order valence-electron chi connectivity index (χ3n) is 0.654. The summed E-state index contributed by atoms with van der Waals surface area (Å²) in [5, 5.41) is 3.43. The van der Waals surface area contributed by atoms with Crippen LogP contribution in [0.4, 0.5) is 0 Å². The van der Waals surface area contributed by atoms with Gasteiger partial charge in [0.1, 0.15) is 5.37 Å². The number of primary sulfonamides is 1. The summed E-state index contributed by atoms with van der Waals surface area (Å²) in [5.41, 5.74) is 9.79. The smallest absolute Gasteiger partial charge is 0.226 e. The van der Waals surface area contributed by atoms with E-state index in [2.05, 4.69) is 5.14 Å². The lowest BCUT2D eigenvalue weighted by atomic mass is 10.7. The molecule has 0 aliphatic carbocycles. The van der Waals surface area contributed by atoms with Crippen molar-refractivity contribution in [3.05, 3.63) is 0 Å². The van der Waals surface area contributed by atoms with Crippen LogP contribution in [0, 0.1) is 0 Å². The zero-order valence-electron chi connectivity index (χ0n) is 4.24. The van der Waals surface area contributed by atoms with Crippen molar-refractivity contribution < 1.29 is 8.42 Å². The first-order valence-corrected chi connectivity index (χ1v) is 3.56. The van der Waals surface area contributed by atoms with E-state index >= 15 is 0 Å². The van der Waals surface area contributed by atoms with Gasteiger partial charge in [-0.2, -0.15) is 0 Å². The average molecular weight is 139 g/mol. The highest BCUT2D eigenvalue weighted by atomic mass is 32.2. The summed E-state index contributed by atoms with van der Waals surface area (Å²) in [5.74, 6) is 0. The van der Waals surface area contributed by atoms with Crippen LogP contribution in [-0.4, -0.2) is 20.3 Å². The maximum absolute atomic E-state index is 10.1. The third kappa shape index (κ3) is 2.22. The number of hydrogen-bond donors (Lipinski definition) is 3. The molecule has 0 saturated heterocycles. The molecule has 0 aromatic heterocycles. The van der Waals surface area contributed by atoms with Gasteiger partial charge in [0, 0.05) is 6.54 Å². The number of rotatable bonds is 2. The van der Waals surface area contributed by atoms with E-state index in [1.54, 1.807) is 0 Å². The fourth-order valence-electron chi connectivity index (χ4n) is 0.134. The molecule has 0 amide bonds. The van der Waals surface area contributed by atoms with Crippen LogP contribution in [0.15, 0.2) is 0 Å². The Morgan fingerprint density at radius 1 is 1.50 bits per heavy atom. The zero-order chi connectivity index (χ0) is 6.78. The molecule has 0 fully saturated rings. The Morgan fingerprint density at radius 2 is 1.88 bits per heavy atom. The summed E-state index contributed by atoms with van der Waals surface area (Å²) in [6.45, 7) is -0.140. The first-order valence-electron chi connectivity index (χ1n) is 1.95. The molecule has 8 heavy (non-hydrogen) atoms. The van der Waals surface area contributed by atoms with Gasteiger partial charge in [-0.15, -0.1) is 0 Å². The Morgan fingerprint density at radius 3 is 1.88 bits per heavy atom. The van der Waals surface area contributed by atoms with Gasteiger partial charge in [0.15, 0.2) is 0 Å². The SMILES string of the molecule is NCC(N)S(N)(=O)=O. The van der Waals surface area contributed by atoms with Gasteiger partial charge in [0.05, 0.1) is 0 Å². The van der Waals surface area contributed by atoms with Crippen LogP contribution in [0.5, 0.6) is 0 Å². The normalized spacial score (nSPS) is 15.9. The van der Waals surface area contributed by atoms with Gasteiger partial charge in [0.25, 0.3) is 0 Å². The van der Waals surface area contributed by atoms with Crippen molar-refractivity contribution in [1.29, 1.82) is 0 Å². The van der Waals surface area contributed by atoms with Crippen LogP contribution in [0.3, 0.4) is 0 Å². The highest BCUT2D eigenvalue weighted by Crippen LogP contribution is 1.80. The lowest BCUT2D eigenvalue weighted by Crippen LogP contribution is -2.41. The van der Waals surface area contributed by atoms with Gasteiger partial charge >= 0.3 is 0 Å². The number of hydrogen-bond acceptors (Lipinski definition) is 4. The van der Waals surface area contributed by atoms with Gasteiger partial charge in [-0.1, -0.05) is 0 Å². The first-order chi connectivity index (χ1) is 3.48. The Labute approximate surface area is 47.9 Å². The molecule has 0 bridgehead atoms. The molecule has 1 unspecified atom stereocenters. The molecule has 0 heterocycles. The van der Waals surface area contributed by atoms with Crippen molar-refractivity contribution in [1.82, 2.24) is 0 Å². The fraction of sp³-hybridized carbons (Fsp3) is 1.00. The lowest BCUT2D eigenvalue weighted by molar-refractivity contribution is 0.583. The van der Waals surface area contributed by atoms with Gasteiger partial charge in [-0.25, -0.2) is 13.6 Å². The summed E-state index contributed by atoms with van der Waals surface area (Å²) in [4.78, 5) is 0. The van der Waals surface area contributed by atoms with Gasteiger partial charge < -0.3 is 11.5 Å². The molecule has 50 valence electrons. The summed E-state index contributed by atoms with van der Waals surface area (Å²) in [7, 11) is -3.60. The topological polar surface area (TPSA) is 112 Å². The quantitative estimate of drug-likeness (QED) is 0.393. The van der Waals surface area contributed by atoms with Crippen LogP contribution in [0.25, 0.3) is 0 Å². The minimum Gasteiger partial charge on any atom is -0.328 e. The molecule has 0 aliphatic heterocycles. The summed E-state index contributed by atoms with van der Waals surface area (Å²) in [6, 6.07) is 0. The second-order valence-corrected chi connectivity index (χ2v) is 3.15. The molecule has 5 nitrogen and oxygen atoms in total. The molecule has 0 rings (SSSR count). The molecule has 0 aromatic rings. The van der Waals surface area contributed by atoms with Crippen molar-refractivity contribution in [3.63, 3.8) is 0 Å². The largest absolute Gasteiger partial charge is 0.328 e. The number of nitrogens with two attached hydrogens (primary N) is 3. The van der Waals surface area contributed by atoms with E-state index in [4.69, 9.17) is 11.5 Å². The second kappa shape index (κ2) is 2.40. The van der Waals surface area contributed by atoms with Crippen LogP contribution < -0.4 is 16.6 Å². The first kappa shape index (κ1) is 7.83. The van der Waals surface area contributed by atoms with E-state index < -0.39 is 15.4 Å². The average Bonchev–Trinajstić information content (AvgIpc) is 1.62. The summed E-state index contributed by atoms with van der Waals surface area (Å²) >= 11 is 0. The minimum atomic E-state index is -3.60. The zero-order valence-corrected chi connectivity index (χ0v) is 5.06. The Kier molecular flexibility index (Phi) is 2.35. The lowest BCUT2D eigenvalue weighted by Gasteiger charge is -2.02.